The van der Waals surface area contributed by atoms with E-state index in [4.69, 9.17) is 9.84 Å². The van der Waals surface area contributed by atoms with Crippen molar-refractivity contribution in [3.8, 4) is 0 Å². The molecule has 0 aliphatic carbocycles. The van der Waals surface area contributed by atoms with Crippen LogP contribution < -0.4 is 0 Å². The largest absolute Gasteiger partial charge is 0.481 e. The van der Waals surface area contributed by atoms with Gasteiger partial charge in [-0.3, -0.25) is 4.79 Å². The minimum absolute atomic E-state index is 0.273. The second-order valence-corrected chi connectivity index (χ2v) is 8.41. The number of thioether (sulfide) groups is 1. The summed E-state index contributed by atoms with van der Waals surface area (Å²) in [6.45, 7) is 2.18. The number of unbranched alkanes of at least 4 members (excludes halogenated alkanes) is 1. The summed E-state index contributed by atoms with van der Waals surface area (Å²) in [5, 5.41) is 8.67. The van der Waals surface area contributed by atoms with E-state index in [2.05, 4.69) is 43.0 Å². The molecule has 0 amide bonds. The molecule has 2 saturated heterocycles. The molecule has 4 heteroatoms. The van der Waals surface area contributed by atoms with E-state index in [1.807, 2.05) is 0 Å². The third-order valence-electron chi connectivity index (χ3n) is 5.35. The summed E-state index contributed by atoms with van der Waals surface area (Å²) in [7, 11) is 0. The number of allylic oxidation sites excluding steroid dienone is 4. The maximum atomic E-state index is 10.5. The van der Waals surface area contributed by atoms with Crippen molar-refractivity contribution < 1.29 is 14.6 Å². The lowest BCUT2D eigenvalue weighted by atomic mass is 9.76. The highest BCUT2D eigenvalue weighted by atomic mass is 32.2. The fraction of sp³-hybridized carbons (Fsp3) is 0.762. The molecule has 0 radical (unpaired) electrons. The molecule has 2 aliphatic heterocycles. The van der Waals surface area contributed by atoms with Crippen LogP contribution in [0.4, 0.5) is 0 Å². The van der Waals surface area contributed by atoms with Crippen molar-refractivity contribution in [3.63, 3.8) is 0 Å². The van der Waals surface area contributed by atoms with E-state index < -0.39 is 5.97 Å². The van der Waals surface area contributed by atoms with Gasteiger partial charge in [-0.05, 0) is 74.7 Å². The summed E-state index contributed by atoms with van der Waals surface area (Å²) in [6.07, 6.45) is 19.0. The van der Waals surface area contributed by atoms with E-state index in [9.17, 15) is 4.79 Å². The number of ether oxygens (including phenoxy) is 1. The van der Waals surface area contributed by atoms with Crippen molar-refractivity contribution in [1.29, 1.82) is 0 Å². The topological polar surface area (TPSA) is 46.5 Å². The Kier molecular flexibility index (Phi) is 9.70. The first kappa shape index (κ1) is 20.6. The summed E-state index contributed by atoms with van der Waals surface area (Å²) >= 11 is 2.08. The van der Waals surface area contributed by atoms with Crippen LogP contribution in [0.15, 0.2) is 24.3 Å². The Bertz CT molecular complexity index is 446. The van der Waals surface area contributed by atoms with Crippen LogP contribution in [0.5, 0.6) is 0 Å². The van der Waals surface area contributed by atoms with Crippen LogP contribution in [0, 0.1) is 11.8 Å². The number of carboxylic acids is 1. The van der Waals surface area contributed by atoms with Gasteiger partial charge in [-0.2, -0.15) is 11.8 Å². The average Bonchev–Trinajstić information content (AvgIpc) is 3.19. The number of carboxylic acid groups (broad SMARTS) is 1. The Hall–Kier alpha value is -0.740. The van der Waals surface area contributed by atoms with Gasteiger partial charge < -0.3 is 9.84 Å². The van der Waals surface area contributed by atoms with E-state index in [-0.39, 0.29) is 6.42 Å². The molecule has 0 spiro atoms. The summed E-state index contributed by atoms with van der Waals surface area (Å²) in [6, 6.07) is 0. The average molecular weight is 367 g/mol. The van der Waals surface area contributed by atoms with Crippen LogP contribution in [0.2, 0.25) is 0 Å². The number of fused-ring (bicyclic) bond motifs is 2. The molecule has 0 aromatic heterocycles. The van der Waals surface area contributed by atoms with Crippen LogP contribution >= 0.6 is 11.8 Å². The van der Waals surface area contributed by atoms with Gasteiger partial charge in [0.2, 0.25) is 0 Å². The zero-order chi connectivity index (χ0) is 17.9. The Morgan fingerprint density at radius 3 is 2.60 bits per heavy atom. The van der Waals surface area contributed by atoms with Gasteiger partial charge in [-0.25, -0.2) is 0 Å². The van der Waals surface area contributed by atoms with Crippen molar-refractivity contribution in [2.24, 2.45) is 11.8 Å². The standard InChI is InChI=1S/C21H34O3S/c1-2-3-4-9-15-25-16-14-18-17(19-12-13-20(18)24-19)10-7-5-6-8-11-21(22)23/h3-5,7,17-20H,2,6,8-16H2,1H3,(H,22,23)/b4-3?,7-5-/t17-,18-,19-,20+/m1/s1. The number of rotatable bonds is 13. The zero-order valence-electron chi connectivity index (χ0n) is 15.6. The van der Waals surface area contributed by atoms with Gasteiger partial charge in [-0.15, -0.1) is 0 Å². The predicted octanol–water partition coefficient (Wildman–Crippen LogP) is 5.46. The Balaban J connectivity index is 1.65. The lowest BCUT2D eigenvalue weighted by molar-refractivity contribution is -0.137. The quantitative estimate of drug-likeness (QED) is 0.347. The maximum absolute atomic E-state index is 10.5. The van der Waals surface area contributed by atoms with Crippen LogP contribution in [0.1, 0.15) is 64.7 Å². The van der Waals surface area contributed by atoms with Crippen molar-refractivity contribution >= 4 is 17.7 Å². The molecule has 2 bridgehead atoms. The predicted molar refractivity (Wildman–Crippen MR) is 106 cm³/mol. The van der Waals surface area contributed by atoms with Crippen LogP contribution in [0.25, 0.3) is 0 Å². The molecule has 25 heavy (non-hydrogen) atoms. The molecule has 2 rings (SSSR count). The van der Waals surface area contributed by atoms with Crippen LogP contribution in [0.3, 0.4) is 0 Å². The van der Waals surface area contributed by atoms with E-state index in [0.717, 1.165) is 31.6 Å². The van der Waals surface area contributed by atoms with E-state index in [1.54, 1.807) is 0 Å². The summed E-state index contributed by atoms with van der Waals surface area (Å²) < 4.78 is 6.19. The molecule has 0 aromatic carbocycles. The monoisotopic (exact) mass is 366 g/mol. The third-order valence-corrected chi connectivity index (χ3v) is 6.40. The SMILES string of the molecule is CCC=CCCSCC[C@@H]1[C@@H](C/C=C\CCCC(=O)O)[C@H]2CC[C@@H]1O2. The lowest BCUT2D eigenvalue weighted by Crippen LogP contribution is -2.27. The fourth-order valence-corrected chi connectivity index (χ4v) is 5.04. The Labute approximate surface area is 157 Å². The minimum Gasteiger partial charge on any atom is -0.481 e. The van der Waals surface area contributed by atoms with E-state index in [1.165, 1.54) is 37.2 Å². The van der Waals surface area contributed by atoms with E-state index in [0.29, 0.717) is 18.1 Å². The summed E-state index contributed by atoms with van der Waals surface area (Å²) in [5.74, 6) is 3.18. The smallest absolute Gasteiger partial charge is 0.303 e. The molecule has 142 valence electrons. The highest BCUT2D eigenvalue weighted by molar-refractivity contribution is 7.99. The van der Waals surface area contributed by atoms with Gasteiger partial charge >= 0.3 is 5.97 Å². The number of hydrogen-bond acceptors (Lipinski definition) is 3. The van der Waals surface area contributed by atoms with Crippen molar-refractivity contribution in [1.82, 2.24) is 0 Å². The number of carbonyl (C=O) groups is 1. The normalized spacial score (nSPS) is 28.5. The van der Waals surface area contributed by atoms with Crippen molar-refractivity contribution in [2.75, 3.05) is 11.5 Å². The first-order valence-corrected chi connectivity index (χ1v) is 11.1. The first-order chi connectivity index (χ1) is 12.2. The van der Waals surface area contributed by atoms with Crippen molar-refractivity contribution in [3.05, 3.63) is 24.3 Å². The maximum Gasteiger partial charge on any atom is 0.303 e. The Morgan fingerprint density at radius 1 is 1.08 bits per heavy atom. The minimum atomic E-state index is -0.697. The molecular weight excluding hydrogens is 332 g/mol. The highest BCUT2D eigenvalue weighted by Gasteiger charge is 2.47. The number of aliphatic carboxylic acids is 1. The Morgan fingerprint density at radius 2 is 1.84 bits per heavy atom. The molecule has 1 N–H and O–H groups in total. The molecule has 2 fully saturated rings. The first-order valence-electron chi connectivity index (χ1n) is 9.97. The summed E-state index contributed by atoms with van der Waals surface area (Å²) in [5.41, 5.74) is 0. The van der Waals surface area contributed by atoms with Gasteiger partial charge in [0.1, 0.15) is 0 Å². The molecule has 4 atom stereocenters. The molecule has 0 saturated carbocycles. The van der Waals surface area contributed by atoms with E-state index >= 15 is 0 Å². The van der Waals surface area contributed by atoms with Gasteiger partial charge in [-0.1, -0.05) is 31.2 Å². The lowest BCUT2D eigenvalue weighted by Gasteiger charge is -2.27. The molecule has 0 unspecified atom stereocenters. The molecule has 0 aromatic rings. The summed E-state index contributed by atoms with van der Waals surface area (Å²) in [4.78, 5) is 10.5. The highest BCUT2D eigenvalue weighted by Crippen LogP contribution is 2.47. The second kappa shape index (κ2) is 11.8. The fourth-order valence-electron chi connectivity index (χ4n) is 4.10. The van der Waals surface area contributed by atoms with Crippen LogP contribution in [-0.4, -0.2) is 34.8 Å². The second-order valence-electron chi connectivity index (χ2n) is 7.18. The van der Waals surface area contributed by atoms with Crippen LogP contribution in [-0.2, 0) is 9.53 Å². The van der Waals surface area contributed by atoms with Gasteiger partial charge in [0.25, 0.3) is 0 Å². The molecule has 2 heterocycles. The molecular formula is C21H34O3S. The third kappa shape index (κ3) is 7.18. The molecule has 2 aliphatic rings. The van der Waals surface area contributed by atoms with Gasteiger partial charge in [0, 0.05) is 6.42 Å². The molecule has 3 nitrogen and oxygen atoms in total. The number of hydrogen-bond donors (Lipinski definition) is 1. The van der Waals surface area contributed by atoms with Gasteiger partial charge in [0.05, 0.1) is 12.2 Å². The zero-order valence-corrected chi connectivity index (χ0v) is 16.4. The van der Waals surface area contributed by atoms with Gasteiger partial charge in [0.15, 0.2) is 0 Å². The van der Waals surface area contributed by atoms with Crippen molar-refractivity contribution in [2.45, 2.75) is 76.9 Å².